The molecule has 5 fully saturated rings. The predicted molar refractivity (Wildman–Crippen MR) is 535 cm³/mol. The molecule has 3 aromatic rings. The Balaban J connectivity index is 1.23. The molecule has 0 radical (unpaired) electrons. The van der Waals surface area contributed by atoms with Gasteiger partial charge >= 0.3 is 5.97 Å². The van der Waals surface area contributed by atoms with Crippen LogP contribution < -0.4 is 97.4 Å². The number of nitrogens with one attached hydrogen (secondary N) is 15. The fraction of sp³-hybridized carbons (Fsp3) is 0.629. The maximum Gasteiger partial charge on any atom is 0.303 e. The van der Waals surface area contributed by atoms with E-state index in [1.807, 2.05) is 43.3 Å². The van der Waals surface area contributed by atoms with E-state index in [-0.39, 0.29) is 161 Å². The van der Waals surface area contributed by atoms with E-state index >= 15 is 43.2 Å². The van der Waals surface area contributed by atoms with Crippen LogP contribution in [-0.2, 0) is 104 Å². The predicted octanol–water partition coefficient (Wildman–Crippen LogP) is -1.53. The quantitative estimate of drug-likeness (QED) is 0.0133. The average Bonchev–Trinajstić information content (AvgIpc) is 1.66. The van der Waals surface area contributed by atoms with Gasteiger partial charge in [-0.05, 0) is 182 Å². The molecule has 46 heteroatoms. The SMILES string of the molecule is CCCC[C@@H]1NC(=O)[C@H](CCCCN)NC(=O)[C@H](CCCNC(=N)N)NC(=O)[C@H](CC(C)C)NC(=O)C(NC(=O)[C@H](Cc2ccc3ccccc3c2)NC(=O)[C@@H]2CCCN2C(=O)[C@@H](NC(C)=O)C(C)C)CCSSC[C@@H](C(=O)NC(CCCCN)C(=O)N2CCC[C@H]2C(=O)N2CCC[C@H]2C(=O)N[C@@H](CCC(=O)O)C(N)=O)NC(=O)[C@H](Cc2ccccc2)NC(=O)[C@H](CO)NC(=O)C(C)NC(=O)[C@@H]2CCCN2C1=O. The summed E-state index contributed by atoms with van der Waals surface area (Å²) in [5.41, 5.74) is 24.3. The average molecular weight is 2040 g/mol. The number of hydrogen-bond acceptors (Lipinski definition) is 25. The summed E-state index contributed by atoms with van der Waals surface area (Å²) >= 11 is 0. The summed E-state index contributed by atoms with van der Waals surface area (Å²) in [6, 6.07) is -3.13. The summed E-state index contributed by atoms with van der Waals surface area (Å²) in [4.78, 5) is 283. The van der Waals surface area contributed by atoms with E-state index in [0.717, 1.165) is 32.4 Å². The van der Waals surface area contributed by atoms with E-state index in [9.17, 15) is 58.2 Å². The van der Waals surface area contributed by atoms with Gasteiger partial charge in [0.2, 0.25) is 106 Å². The molecule has 0 spiro atoms. The number of carboxylic acids is 1. The first kappa shape index (κ1) is 116. The highest BCUT2D eigenvalue weighted by Gasteiger charge is 2.48. The molecule has 18 amide bonds. The van der Waals surface area contributed by atoms with E-state index in [2.05, 4.69) is 74.4 Å². The van der Waals surface area contributed by atoms with Gasteiger partial charge in [-0.25, -0.2) is 0 Å². The lowest BCUT2D eigenvalue weighted by Gasteiger charge is -2.33. The van der Waals surface area contributed by atoms with E-state index in [0.29, 0.717) is 56.1 Å². The highest BCUT2D eigenvalue weighted by molar-refractivity contribution is 8.76. The Morgan fingerprint density at radius 1 is 0.524 bits per heavy atom. The highest BCUT2D eigenvalue weighted by Crippen LogP contribution is 2.31. The minimum absolute atomic E-state index is 0.00692. The number of benzene rings is 3. The molecule has 3 unspecified atom stereocenters. The number of hydrogen-bond donors (Lipinski definition) is 21. The Morgan fingerprint density at radius 2 is 1.08 bits per heavy atom. The fourth-order valence-electron chi connectivity index (χ4n) is 18.2. The number of primary amides is 1. The molecule has 0 bridgehead atoms. The third kappa shape index (κ3) is 35.6. The van der Waals surface area contributed by atoms with Crippen molar-refractivity contribution in [2.75, 3.05) is 63.9 Å². The van der Waals surface area contributed by atoms with Crippen LogP contribution in [0, 0.1) is 17.2 Å². The van der Waals surface area contributed by atoms with Crippen molar-refractivity contribution < 1.29 is 101 Å². The highest BCUT2D eigenvalue weighted by atomic mass is 33.1. The number of carbonyl (C=O) groups is 19. The zero-order valence-electron chi connectivity index (χ0n) is 82.7. The van der Waals surface area contributed by atoms with Crippen LogP contribution in [0.2, 0.25) is 0 Å². The van der Waals surface area contributed by atoms with Crippen LogP contribution in [0.4, 0.5) is 0 Å². The molecule has 8 rings (SSSR count). The zero-order chi connectivity index (χ0) is 105. The molecule has 5 heterocycles. The van der Waals surface area contributed by atoms with Gasteiger partial charge in [0.05, 0.1) is 6.61 Å². The molecule has 0 aromatic heterocycles. The second-order valence-electron chi connectivity index (χ2n) is 37.9. The lowest BCUT2D eigenvalue weighted by Crippen LogP contribution is -2.61. The number of unbranched alkanes of at least 4 members (excludes halogenated alkanes) is 3. The van der Waals surface area contributed by atoms with E-state index < -0.39 is 252 Å². The largest absolute Gasteiger partial charge is 0.481 e. The van der Waals surface area contributed by atoms with Crippen molar-refractivity contribution in [3.63, 3.8) is 0 Å². The van der Waals surface area contributed by atoms with Gasteiger partial charge in [-0.15, -0.1) is 0 Å². The van der Waals surface area contributed by atoms with Crippen molar-refractivity contribution in [3.8, 4) is 0 Å². The second kappa shape index (κ2) is 58.5. The van der Waals surface area contributed by atoms with Crippen LogP contribution in [0.15, 0.2) is 72.8 Å². The number of carbonyl (C=O) groups excluding carboxylic acids is 18. The molecule has 143 heavy (non-hydrogen) atoms. The van der Waals surface area contributed by atoms with E-state index in [1.165, 1.54) is 33.4 Å². The van der Waals surface area contributed by atoms with Crippen molar-refractivity contribution in [3.05, 3.63) is 83.9 Å². The first-order valence-corrected chi connectivity index (χ1v) is 52.2. The molecule has 25 N–H and O–H groups in total. The van der Waals surface area contributed by atoms with Gasteiger partial charge in [0.15, 0.2) is 5.96 Å². The van der Waals surface area contributed by atoms with Gasteiger partial charge < -0.3 is 127 Å². The maximum absolute atomic E-state index is 15.8. The molecular formula is C97H147N23O21S2. The first-order chi connectivity index (χ1) is 68.2. The van der Waals surface area contributed by atoms with Gasteiger partial charge in [0.1, 0.15) is 103 Å². The Bertz CT molecular complexity index is 4930. The number of nitrogens with two attached hydrogens (primary N) is 4. The van der Waals surface area contributed by atoms with Crippen LogP contribution in [-0.4, -0.2) is 315 Å². The molecule has 5 aliphatic heterocycles. The van der Waals surface area contributed by atoms with Crippen molar-refractivity contribution >= 4 is 151 Å². The number of aliphatic hydroxyl groups is 1. The van der Waals surface area contributed by atoms with Crippen molar-refractivity contribution in [2.24, 2.45) is 34.8 Å². The minimum Gasteiger partial charge on any atom is -0.481 e. The molecule has 0 aliphatic carbocycles. The minimum atomic E-state index is -1.84. The van der Waals surface area contributed by atoms with Gasteiger partial charge in [-0.2, -0.15) is 0 Å². The van der Waals surface area contributed by atoms with Crippen LogP contribution in [0.1, 0.15) is 207 Å². The summed E-state index contributed by atoms with van der Waals surface area (Å²) < 4.78 is 0. The number of rotatable bonds is 39. The Labute approximate surface area is 841 Å². The van der Waals surface area contributed by atoms with Crippen molar-refractivity contribution in [2.45, 2.75) is 312 Å². The van der Waals surface area contributed by atoms with Gasteiger partial charge in [-0.1, -0.05) is 142 Å². The molecular weight excluding hydrogens is 1890 g/mol. The number of nitrogens with zero attached hydrogens (tertiary/aromatic N) is 4. The number of aliphatic hydroxyl groups excluding tert-OH is 1. The zero-order valence-corrected chi connectivity index (χ0v) is 84.3. The van der Waals surface area contributed by atoms with Gasteiger partial charge in [-0.3, -0.25) is 96.5 Å². The topological polar surface area (TPSA) is 674 Å². The third-order valence-corrected chi connectivity index (χ3v) is 28.4. The lowest BCUT2D eigenvalue weighted by atomic mass is 9.99. The van der Waals surface area contributed by atoms with E-state index in [4.69, 9.17) is 28.3 Å². The van der Waals surface area contributed by atoms with E-state index in [1.54, 1.807) is 64.1 Å². The molecule has 5 aliphatic rings. The molecule has 5 saturated heterocycles. The fourth-order valence-corrected chi connectivity index (χ4v) is 20.4. The second-order valence-corrected chi connectivity index (χ2v) is 40.5. The summed E-state index contributed by atoms with van der Waals surface area (Å²) in [5, 5.41) is 68.0. The number of carboxylic acid groups (broad SMARTS) is 1. The number of likely N-dealkylation sites (tertiary alicyclic amines) is 3. The molecule has 0 saturated carbocycles. The molecule has 17 atom stereocenters. The first-order valence-electron chi connectivity index (χ1n) is 49.8. The Kier molecular flexibility index (Phi) is 47.4. The van der Waals surface area contributed by atoms with Crippen LogP contribution >= 0.6 is 21.6 Å². The third-order valence-electron chi connectivity index (χ3n) is 25.9. The molecule has 3 aromatic carbocycles. The smallest absolute Gasteiger partial charge is 0.303 e. The van der Waals surface area contributed by atoms with Crippen LogP contribution in [0.3, 0.4) is 0 Å². The van der Waals surface area contributed by atoms with Gasteiger partial charge in [0.25, 0.3) is 0 Å². The maximum atomic E-state index is 15.8. The van der Waals surface area contributed by atoms with Crippen molar-refractivity contribution in [1.29, 1.82) is 5.41 Å². The summed E-state index contributed by atoms with van der Waals surface area (Å²) in [6.07, 6.45) is 1.94. The standard InChI is InChI=1S/C97H147N23O21S2/c1-8-9-28-67-93(138)117-44-20-32-74(117)90(135)104-57(6)81(126)115-72(53-121)88(133)113-70(51-59-24-11-10-12-25-59)87(132)116-73(89(134)111-68(30-16-18-42-99)94(139)120-47-23-35-77(120)95(140)118-45-21-33-75(118)91(136)106-63(80(100)125)38-39-78(123)124)54-143-142-48-40-66(84(129)112-69(49-55(2)3)85(130)108-65(31-19-43-103-97(101)102)82(127)107-64(83(128)110-67)29-15-17-41-98)109-86(131)71(52-60-36-37-61-26-13-14-27-62(61)50-60)114-92(137)76-34-22-46-119(76)96(141)79(56(4)5)105-58(7)122/h10-14,24-27,36-37,50,55-57,63-77,79,121H,8-9,15-23,28-35,38-49,51-54,98-99H2,1-7H3,(H2,100,125)(H,104,135)(H,105,122)(H,106,136)(H,107,127)(H,108,130)(H,109,131)(H,110,128)(H,111,134)(H,112,129)(H,113,133)(H,114,137)(H,115,126)(H,116,132)(H,123,124)(H4,101,102,103)/t57?,63-,64-,65-,66?,67-,68?,69-,70-,71-,72-,73-,74-,75-,76-,77-,79-/m0/s1. The number of guanidine groups is 1. The monoisotopic (exact) mass is 2030 g/mol. The summed E-state index contributed by atoms with van der Waals surface area (Å²) in [5.74, 6) is -18.1. The Morgan fingerprint density at radius 3 is 1.70 bits per heavy atom. The Hall–Kier alpha value is -12.3. The van der Waals surface area contributed by atoms with Crippen molar-refractivity contribution in [1.82, 2.24) is 94.0 Å². The van der Waals surface area contributed by atoms with Crippen LogP contribution in [0.25, 0.3) is 10.8 Å². The van der Waals surface area contributed by atoms with Crippen LogP contribution in [0.5, 0.6) is 0 Å². The normalized spacial score (nSPS) is 23.8. The lowest BCUT2D eigenvalue weighted by molar-refractivity contribution is -0.148. The number of aliphatic carboxylic acids is 1. The summed E-state index contributed by atoms with van der Waals surface area (Å²) in [6.45, 7) is 10.9. The number of amides is 18. The number of fused-ring (bicyclic) bond motifs is 2. The molecule has 44 nitrogen and oxygen atoms in total. The van der Waals surface area contributed by atoms with Gasteiger partial charge in [0, 0.05) is 70.4 Å². The molecule has 788 valence electrons. The summed E-state index contributed by atoms with van der Waals surface area (Å²) in [7, 11) is 1.96.